The lowest BCUT2D eigenvalue weighted by Crippen LogP contribution is -2.28. The van der Waals surface area contributed by atoms with E-state index in [4.69, 9.17) is 28.2 Å². The third-order valence-electron chi connectivity index (χ3n) is 2.33. The van der Waals surface area contributed by atoms with E-state index in [1.807, 2.05) is 0 Å². The van der Waals surface area contributed by atoms with Gasteiger partial charge in [-0.3, -0.25) is 0 Å². The molecule has 1 aromatic carbocycles. The molecule has 2 unspecified atom stereocenters. The summed E-state index contributed by atoms with van der Waals surface area (Å²) in [6.07, 6.45) is -2.62. The molecule has 0 aliphatic rings. The average Bonchev–Trinajstić information content (AvgIpc) is 2.29. The SMILES string of the molecule is NCC(O)C(O)c1cc(Cl)cc(C(=O)O)c1N. The van der Waals surface area contributed by atoms with Crippen LogP contribution in [0.15, 0.2) is 12.1 Å². The zero-order valence-corrected chi connectivity index (χ0v) is 9.55. The second-order valence-corrected chi connectivity index (χ2v) is 3.95. The van der Waals surface area contributed by atoms with E-state index in [9.17, 15) is 15.0 Å². The van der Waals surface area contributed by atoms with Crippen molar-refractivity contribution < 1.29 is 20.1 Å². The van der Waals surface area contributed by atoms with Crippen molar-refractivity contribution in [3.63, 3.8) is 0 Å². The number of nitrogens with two attached hydrogens (primary N) is 2. The van der Waals surface area contributed by atoms with Gasteiger partial charge in [-0.25, -0.2) is 4.79 Å². The molecule has 2 atom stereocenters. The number of carboxylic acid groups (broad SMARTS) is 1. The van der Waals surface area contributed by atoms with Crippen LogP contribution in [0.4, 0.5) is 5.69 Å². The van der Waals surface area contributed by atoms with E-state index >= 15 is 0 Å². The Labute approximate surface area is 102 Å². The molecule has 0 radical (unpaired) electrons. The van der Waals surface area contributed by atoms with Crippen LogP contribution in [0.5, 0.6) is 0 Å². The molecule has 0 aliphatic heterocycles. The van der Waals surface area contributed by atoms with Gasteiger partial charge in [0.05, 0.1) is 17.4 Å². The number of carboxylic acids is 1. The van der Waals surface area contributed by atoms with Crippen LogP contribution in [0, 0.1) is 0 Å². The van der Waals surface area contributed by atoms with Crippen molar-refractivity contribution in [2.24, 2.45) is 5.73 Å². The zero-order chi connectivity index (χ0) is 13.2. The molecule has 7 heteroatoms. The minimum atomic E-state index is -1.38. The van der Waals surface area contributed by atoms with Gasteiger partial charge in [0.15, 0.2) is 0 Å². The summed E-state index contributed by atoms with van der Waals surface area (Å²) in [5, 5.41) is 28.1. The van der Waals surface area contributed by atoms with Gasteiger partial charge >= 0.3 is 5.97 Å². The van der Waals surface area contributed by atoms with Crippen molar-refractivity contribution in [1.29, 1.82) is 0 Å². The Morgan fingerprint density at radius 1 is 1.41 bits per heavy atom. The summed E-state index contributed by atoms with van der Waals surface area (Å²) in [6, 6.07) is 2.47. The summed E-state index contributed by atoms with van der Waals surface area (Å²) in [4.78, 5) is 10.9. The summed E-state index contributed by atoms with van der Waals surface area (Å²) in [6.45, 7) is -0.185. The van der Waals surface area contributed by atoms with Crippen LogP contribution < -0.4 is 11.5 Å². The van der Waals surface area contributed by atoms with Gasteiger partial charge in [0, 0.05) is 17.1 Å². The molecular weight excluding hydrogens is 248 g/mol. The number of rotatable bonds is 4. The lowest BCUT2D eigenvalue weighted by molar-refractivity contribution is 0.0247. The Morgan fingerprint density at radius 2 is 2.00 bits per heavy atom. The van der Waals surface area contributed by atoms with Crippen LogP contribution in [0.2, 0.25) is 5.02 Å². The number of nitrogen functional groups attached to an aromatic ring is 1. The van der Waals surface area contributed by atoms with Gasteiger partial charge < -0.3 is 26.8 Å². The minimum absolute atomic E-state index is 0.0489. The summed E-state index contributed by atoms with van der Waals surface area (Å²) < 4.78 is 0. The molecule has 0 amide bonds. The molecule has 0 fully saturated rings. The molecule has 0 saturated carbocycles. The smallest absolute Gasteiger partial charge is 0.337 e. The molecule has 0 bridgehead atoms. The highest BCUT2D eigenvalue weighted by Gasteiger charge is 2.23. The van der Waals surface area contributed by atoms with Crippen molar-refractivity contribution >= 4 is 23.3 Å². The van der Waals surface area contributed by atoms with Crippen molar-refractivity contribution in [3.8, 4) is 0 Å². The van der Waals surface area contributed by atoms with Crippen molar-refractivity contribution in [2.45, 2.75) is 12.2 Å². The van der Waals surface area contributed by atoms with Gasteiger partial charge in [0.2, 0.25) is 0 Å². The fraction of sp³-hybridized carbons (Fsp3) is 0.300. The first kappa shape index (κ1) is 13.7. The largest absolute Gasteiger partial charge is 0.478 e. The van der Waals surface area contributed by atoms with E-state index < -0.39 is 18.2 Å². The van der Waals surface area contributed by atoms with E-state index in [1.165, 1.54) is 12.1 Å². The maximum atomic E-state index is 10.9. The maximum absolute atomic E-state index is 10.9. The van der Waals surface area contributed by atoms with Gasteiger partial charge in [0.25, 0.3) is 0 Å². The minimum Gasteiger partial charge on any atom is -0.478 e. The van der Waals surface area contributed by atoms with E-state index in [1.54, 1.807) is 0 Å². The predicted octanol–water partition coefficient (Wildman–Crippen LogP) is -0.0266. The molecule has 0 saturated heterocycles. The average molecular weight is 261 g/mol. The molecule has 1 rings (SSSR count). The summed E-state index contributed by atoms with van der Waals surface area (Å²) in [7, 11) is 0. The third kappa shape index (κ3) is 2.86. The first-order chi connectivity index (χ1) is 7.88. The number of aliphatic hydroxyl groups excluding tert-OH is 2. The molecule has 0 aromatic heterocycles. The molecule has 94 valence electrons. The van der Waals surface area contributed by atoms with E-state index in [2.05, 4.69) is 0 Å². The van der Waals surface area contributed by atoms with E-state index in [0.29, 0.717) is 0 Å². The summed E-state index contributed by atoms with van der Waals surface area (Å²) in [5.74, 6) is -1.26. The molecular formula is C10H13ClN2O4. The lowest BCUT2D eigenvalue weighted by Gasteiger charge is -2.19. The fourth-order valence-corrected chi connectivity index (χ4v) is 1.62. The van der Waals surface area contributed by atoms with Crippen LogP contribution in [-0.2, 0) is 0 Å². The normalized spacial score (nSPS) is 14.4. The topological polar surface area (TPSA) is 130 Å². The summed E-state index contributed by atoms with van der Waals surface area (Å²) in [5.41, 5.74) is 10.5. The Morgan fingerprint density at radius 3 is 2.47 bits per heavy atom. The third-order valence-corrected chi connectivity index (χ3v) is 2.55. The van der Waals surface area contributed by atoms with Gasteiger partial charge in [-0.15, -0.1) is 0 Å². The van der Waals surface area contributed by atoms with Crippen LogP contribution in [0.1, 0.15) is 22.0 Å². The quantitative estimate of drug-likeness (QED) is 0.484. The monoisotopic (exact) mass is 260 g/mol. The Balaban J connectivity index is 3.29. The van der Waals surface area contributed by atoms with Crippen LogP contribution in [-0.4, -0.2) is 33.9 Å². The highest BCUT2D eigenvalue weighted by Crippen LogP contribution is 2.29. The number of halogens is 1. The first-order valence-corrected chi connectivity index (χ1v) is 5.14. The molecule has 1 aromatic rings. The Bertz CT molecular complexity index is 439. The van der Waals surface area contributed by atoms with E-state index in [-0.39, 0.29) is 28.4 Å². The molecule has 0 heterocycles. The summed E-state index contributed by atoms with van der Waals surface area (Å²) >= 11 is 5.72. The molecule has 0 spiro atoms. The van der Waals surface area contributed by atoms with Crippen LogP contribution in [0.25, 0.3) is 0 Å². The number of hydrogen-bond acceptors (Lipinski definition) is 5. The number of carbonyl (C=O) groups is 1. The molecule has 17 heavy (non-hydrogen) atoms. The highest BCUT2D eigenvalue weighted by atomic mass is 35.5. The van der Waals surface area contributed by atoms with Crippen molar-refractivity contribution in [3.05, 3.63) is 28.3 Å². The predicted molar refractivity (Wildman–Crippen MR) is 62.8 cm³/mol. The van der Waals surface area contributed by atoms with Gasteiger partial charge in [0.1, 0.15) is 6.10 Å². The fourth-order valence-electron chi connectivity index (χ4n) is 1.40. The Kier molecular flexibility index (Phi) is 4.30. The molecule has 6 nitrogen and oxygen atoms in total. The van der Waals surface area contributed by atoms with Gasteiger partial charge in [-0.1, -0.05) is 11.6 Å². The Hall–Kier alpha value is -1.34. The highest BCUT2D eigenvalue weighted by molar-refractivity contribution is 6.31. The number of aromatic carboxylic acids is 1. The second kappa shape index (κ2) is 5.33. The molecule has 7 N–H and O–H groups in total. The van der Waals surface area contributed by atoms with Gasteiger partial charge in [-0.2, -0.15) is 0 Å². The number of benzene rings is 1. The maximum Gasteiger partial charge on any atom is 0.337 e. The number of aliphatic hydroxyl groups is 2. The first-order valence-electron chi connectivity index (χ1n) is 4.76. The number of hydrogen-bond donors (Lipinski definition) is 5. The van der Waals surface area contributed by atoms with Gasteiger partial charge in [-0.05, 0) is 12.1 Å². The van der Waals surface area contributed by atoms with Crippen LogP contribution >= 0.6 is 11.6 Å². The number of anilines is 1. The van der Waals surface area contributed by atoms with Crippen LogP contribution in [0.3, 0.4) is 0 Å². The van der Waals surface area contributed by atoms with Crippen molar-refractivity contribution in [1.82, 2.24) is 0 Å². The van der Waals surface area contributed by atoms with E-state index in [0.717, 1.165) is 0 Å². The zero-order valence-electron chi connectivity index (χ0n) is 8.80. The second-order valence-electron chi connectivity index (χ2n) is 3.51. The molecule has 0 aliphatic carbocycles. The standard InChI is InChI=1S/C10H13ClN2O4/c11-4-1-5(9(15)7(14)3-12)8(13)6(2-4)10(16)17/h1-2,7,9,14-15H,3,12-13H2,(H,16,17). The lowest BCUT2D eigenvalue weighted by atomic mass is 9.99. The van der Waals surface area contributed by atoms with Crippen molar-refractivity contribution in [2.75, 3.05) is 12.3 Å².